The highest BCUT2D eigenvalue weighted by atomic mass is 32.1. The molecule has 1 aliphatic heterocycles. The molecule has 1 fully saturated rings. The Labute approximate surface area is 154 Å². The van der Waals surface area contributed by atoms with Crippen LogP contribution in [0.15, 0.2) is 11.4 Å². The summed E-state index contributed by atoms with van der Waals surface area (Å²) in [5.41, 5.74) is 1.09. The largest absolute Gasteiger partial charge is 0.466 e. The van der Waals surface area contributed by atoms with Gasteiger partial charge >= 0.3 is 5.97 Å². The first kappa shape index (κ1) is 19.9. The number of rotatable bonds is 9. The average molecular weight is 367 g/mol. The maximum atomic E-state index is 13.1. The molecule has 0 unspecified atom stereocenters. The van der Waals surface area contributed by atoms with Gasteiger partial charge in [-0.25, -0.2) is 0 Å². The molecule has 0 spiro atoms. The molecular formula is C19H30N2O3S. The number of amides is 1. The van der Waals surface area contributed by atoms with Crippen LogP contribution in [0.25, 0.3) is 0 Å². The summed E-state index contributed by atoms with van der Waals surface area (Å²) in [4.78, 5) is 30.0. The van der Waals surface area contributed by atoms with E-state index in [4.69, 9.17) is 4.74 Å². The number of thiophene rings is 1. The Morgan fingerprint density at radius 2 is 2.16 bits per heavy atom. The molecule has 0 bridgehead atoms. The van der Waals surface area contributed by atoms with Crippen molar-refractivity contribution in [3.05, 3.63) is 21.9 Å². The van der Waals surface area contributed by atoms with Gasteiger partial charge in [0.25, 0.3) is 5.91 Å². The predicted molar refractivity (Wildman–Crippen MR) is 101 cm³/mol. The standard InChI is InChI=1S/C19H30N2O3S/c1-4-15-10-13-25-18(15)19(23)21(12-9-17(22)24-6-3)14-16-8-7-11-20(16)5-2/h10,13,16H,4-9,11-12,14H2,1-3H3/t16-/m1/s1. The number of carbonyl (C=O) groups is 2. The van der Waals surface area contributed by atoms with E-state index in [0.717, 1.165) is 36.4 Å². The SMILES string of the molecule is CCOC(=O)CCN(C[C@H]1CCCN1CC)C(=O)c1sccc1CC. The molecule has 1 aliphatic rings. The fourth-order valence-electron chi connectivity index (χ4n) is 3.45. The molecule has 1 atom stereocenters. The predicted octanol–water partition coefficient (Wildman–Crippen LogP) is 3.19. The third kappa shape index (κ3) is 5.28. The molecular weight excluding hydrogens is 336 g/mol. The van der Waals surface area contributed by atoms with Gasteiger partial charge in [0.1, 0.15) is 0 Å². The van der Waals surface area contributed by atoms with Crippen LogP contribution in [0.4, 0.5) is 0 Å². The summed E-state index contributed by atoms with van der Waals surface area (Å²) in [6.45, 7) is 9.63. The van der Waals surface area contributed by atoms with Gasteiger partial charge in [0.2, 0.25) is 0 Å². The molecule has 2 rings (SSSR count). The van der Waals surface area contributed by atoms with Crippen molar-refractivity contribution in [1.82, 2.24) is 9.80 Å². The van der Waals surface area contributed by atoms with Crippen LogP contribution in [0.2, 0.25) is 0 Å². The van der Waals surface area contributed by atoms with Crippen molar-refractivity contribution in [3.63, 3.8) is 0 Å². The van der Waals surface area contributed by atoms with E-state index in [2.05, 4.69) is 18.7 Å². The van der Waals surface area contributed by atoms with Gasteiger partial charge in [-0.1, -0.05) is 13.8 Å². The fourth-order valence-corrected chi connectivity index (χ4v) is 4.42. The molecule has 6 heteroatoms. The Balaban J connectivity index is 2.10. The monoisotopic (exact) mass is 366 g/mol. The number of likely N-dealkylation sites (N-methyl/N-ethyl adjacent to an activating group) is 1. The van der Waals surface area contributed by atoms with Crippen LogP contribution in [-0.2, 0) is 16.0 Å². The summed E-state index contributed by atoms with van der Waals surface area (Å²) in [5.74, 6) is -0.180. The van der Waals surface area contributed by atoms with Gasteiger partial charge < -0.3 is 9.64 Å². The van der Waals surface area contributed by atoms with Gasteiger partial charge in [0.05, 0.1) is 17.9 Å². The van der Waals surface area contributed by atoms with Crippen molar-refractivity contribution < 1.29 is 14.3 Å². The van der Waals surface area contributed by atoms with Gasteiger partial charge in [0, 0.05) is 19.1 Å². The number of nitrogens with zero attached hydrogens (tertiary/aromatic N) is 2. The van der Waals surface area contributed by atoms with Crippen molar-refractivity contribution in [1.29, 1.82) is 0 Å². The van der Waals surface area contributed by atoms with Gasteiger partial charge in [-0.05, 0) is 56.3 Å². The molecule has 1 saturated heterocycles. The molecule has 1 amide bonds. The van der Waals surface area contributed by atoms with Crippen LogP contribution >= 0.6 is 11.3 Å². The smallest absolute Gasteiger partial charge is 0.307 e. The van der Waals surface area contributed by atoms with Gasteiger partial charge in [-0.2, -0.15) is 0 Å². The number of ether oxygens (including phenoxy) is 1. The second-order valence-corrected chi connectivity index (χ2v) is 7.28. The van der Waals surface area contributed by atoms with Crippen molar-refractivity contribution in [2.75, 3.05) is 32.8 Å². The maximum absolute atomic E-state index is 13.1. The average Bonchev–Trinajstić information content (AvgIpc) is 3.26. The number of hydrogen-bond donors (Lipinski definition) is 0. The lowest BCUT2D eigenvalue weighted by Crippen LogP contribution is -2.44. The molecule has 0 aromatic carbocycles. The van der Waals surface area contributed by atoms with Crippen LogP contribution in [0.1, 0.15) is 55.3 Å². The third-order valence-electron chi connectivity index (χ3n) is 4.84. The van der Waals surface area contributed by atoms with Gasteiger partial charge in [-0.3, -0.25) is 14.5 Å². The molecule has 5 nitrogen and oxygen atoms in total. The molecule has 0 N–H and O–H groups in total. The van der Waals surface area contributed by atoms with Crippen LogP contribution in [0.3, 0.4) is 0 Å². The Morgan fingerprint density at radius 3 is 2.84 bits per heavy atom. The zero-order valence-electron chi connectivity index (χ0n) is 15.6. The summed E-state index contributed by atoms with van der Waals surface area (Å²) in [6.07, 6.45) is 3.39. The van der Waals surface area contributed by atoms with E-state index in [1.807, 2.05) is 16.3 Å². The third-order valence-corrected chi connectivity index (χ3v) is 5.78. The number of carbonyl (C=O) groups excluding carboxylic acids is 2. The van der Waals surface area contributed by atoms with E-state index in [-0.39, 0.29) is 18.3 Å². The molecule has 0 radical (unpaired) electrons. The minimum absolute atomic E-state index is 0.0547. The Kier molecular flexibility index (Phi) is 7.90. The van der Waals surface area contributed by atoms with E-state index in [1.54, 1.807) is 6.92 Å². The van der Waals surface area contributed by atoms with E-state index in [1.165, 1.54) is 17.8 Å². The molecule has 0 aliphatic carbocycles. The van der Waals surface area contributed by atoms with Gasteiger partial charge in [-0.15, -0.1) is 11.3 Å². The number of aryl methyl sites for hydroxylation is 1. The topological polar surface area (TPSA) is 49.9 Å². The maximum Gasteiger partial charge on any atom is 0.307 e. The Bertz CT molecular complexity index is 573. The van der Waals surface area contributed by atoms with Crippen molar-refractivity contribution in [2.45, 2.75) is 52.5 Å². The number of hydrogen-bond acceptors (Lipinski definition) is 5. The number of esters is 1. The zero-order valence-corrected chi connectivity index (χ0v) is 16.4. The summed E-state index contributed by atoms with van der Waals surface area (Å²) in [6, 6.07) is 2.41. The fraction of sp³-hybridized carbons (Fsp3) is 0.684. The molecule has 0 saturated carbocycles. The van der Waals surface area contributed by atoms with Crippen molar-refractivity contribution >= 4 is 23.2 Å². The van der Waals surface area contributed by atoms with Crippen LogP contribution < -0.4 is 0 Å². The molecule has 2 heterocycles. The summed E-state index contributed by atoms with van der Waals surface area (Å²) in [7, 11) is 0. The van der Waals surface area contributed by atoms with E-state index in [9.17, 15) is 9.59 Å². The lowest BCUT2D eigenvalue weighted by Gasteiger charge is -2.30. The van der Waals surface area contributed by atoms with E-state index in [0.29, 0.717) is 25.7 Å². The van der Waals surface area contributed by atoms with Crippen molar-refractivity contribution in [2.24, 2.45) is 0 Å². The lowest BCUT2D eigenvalue weighted by atomic mass is 10.1. The van der Waals surface area contributed by atoms with Gasteiger partial charge in [0.15, 0.2) is 0 Å². The second kappa shape index (κ2) is 9.92. The summed E-state index contributed by atoms with van der Waals surface area (Å²) < 4.78 is 5.04. The minimum Gasteiger partial charge on any atom is -0.466 e. The molecule has 1 aromatic heterocycles. The highest BCUT2D eigenvalue weighted by Gasteiger charge is 2.29. The molecule has 140 valence electrons. The quantitative estimate of drug-likeness (QED) is 0.630. The first-order valence-electron chi connectivity index (χ1n) is 9.35. The normalized spacial score (nSPS) is 17.6. The Morgan fingerprint density at radius 1 is 1.36 bits per heavy atom. The first-order valence-corrected chi connectivity index (χ1v) is 10.2. The summed E-state index contributed by atoms with van der Waals surface area (Å²) >= 11 is 1.50. The van der Waals surface area contributed by atoms with Crippen LogP contribution in [0, 0.1) is 0 Å². The first-order chi connectivity index (χ1) is 12.1. The lowest BCUT2D eigenvalue weighted by molar-refractivity contribution is -0.143. The van der Waals surface area contributed by atoms with E-state index >= 15 is 0 Å². The second-order valence-electron chi connectivity index (χ2n) is 6.36. The number of likely N-dealkylation sites (tertiary alicyclic amines) is 1. The minimum atomic E-state index is -0.235. The van der Waals surface area contributed by atoms with Crippen LogP contribution in [-0.4, -0.2) is 60.5 Å². The molecule has 25 heavy (non-hydrogen) atoms. The highest BCUT2D eigenvalue weighted by Crippen LogP contribution is 2.23. The Hall–Kier alpha value is -1.40. The zero-order chi connectivity index (χ0) is 18.2. The van der Waals surface area contributed by atoms with Crippen LogP contribution in [0.5, 0.6) is 0 Å². The highest BCUT2D eigenvalue weighted by molar-refractivity contribution is 7.12. The molecule has 1 aromatic rings. The van der Waals surface area contributed by atoms with Crippen molar-refractivity contribution in [3.8, 4) is 0 Å². The van der Waals surface area contributed by atoms with E-state index < -0.39 is 0 Å². The summed E-state index contributed by atoms with van der Waals surface area (Å²) in [5, 5.41) is 1.98.